The van der Waals surface area contributed by atoms with Crippen molar-refractivity contribution in [2.75, 3.05) is 23.7 Å². The summed E-state index contributed by atoms with van der Waals surface area (Å²) >= 11 is 0. The molecule has 7 nitrogen and oxygen atoms in total. The Morgan fingerprint density at radius 1 is 1.15 bits per heavy atom. The standard InChI is InChI=1S/C19H24N4O3.ClH/c20-14-7-4-8-15-13(14)6-5-11-22(15)16(24)12-23-17(25)19(21-18(23)26)9-2-1-3-10-19;/h4,7-8H,1-3,5-6,9-12,20H2,(H,21,26);1H. The maximum Gasteiger partial charge on any atom is 0.325 e. The number of rotatable bonds is 2. The number of nitrogens with zero attached hydrogens (tertiary/aromatic N) is 2. The van der Waals surface area contributed by atoms with Crippen LogP contribution in [0.4, 0.5) is 16.2 Å². The second kappa shape index (κ2) is 7.38. The lowest BCUT2D eigenvalue weighted by Gasteiger charge is -2.32. The minimum Gasteiger partial charge on any atom is -0.398 e. The van der Waals surface area contributed by atoms with Gasteiger partial charge < -0.3 is 16.0 Å². The zero-order valence-corrected chi connectivity index (χ0v) is 16.0. The minimum absolute atomic E-state index is 0. The van der Waals surface area contributed by atoms with E-state index in [-0.39, 0.29) is 30.8 Å². The van der Waals surface area contributed by atoms with Crippen LogP contribution in [0.5, 0.6) is 0 Å². The van der Waals surface area contributed by atoms with Crippen molar-refractivity contribution in [1.29, 1.82) is 0 Å². The molecule has 1 aromatic rings. The van der Waals surface area contributed by atoms with Crippen LogP contribution in [0.3, 0.4) is 0 Å². The number of hydrogen-bond donors (Lipinski definition) is 2. The van der Waals surface area contributed by atoms with Crippen LogP contribution in [0.25, 0.3) is 0 Å². The third-order valence-electron chi connectivity index (χ3n) is 5.83. The van der Waals surface area contributed by atoms with Crippen molar-refractivity contribution in [3.63, 3.8) is 0 Å². The fourth-order valence-corrected chi connectivity index (χ4v) is 4.45. The SMILES string of the molecule is Cl.Nc1cccc2c1CCCN2C(=O)CN1C(=O)NC2(CCCCC2)C1=O. The summed E-state index contributed by atoms with van der Waals surface area (Å²) in [7, 11) is 0. The monoisotopic (exact) mass is 392 g/mol. The number of urea groups is 1. The molecule has 0 atom stereocenters. The number of hydrogen-bond acceptors (Lipinski definition) is 4. The van der Waals surface area contributed by atoms with Gasteiger partial charge in [0.2, 0.25) is 5.91 Å². The van der Waals surface area contributed by atoms with Crippen molar-refractivity contribution >= 4 is 41.6 Å². The molecule has 0 unspecified atom stereocenters. The summed E-state index contributed by atoms with van der Waals surface area (Å²) in [6, 6.07) is 5.08. The summed E-state index contributed by atoms with van der Waals surface area (Å²) in [5.41, 5.74) is 7.68. The van der Waals surface area contributed by atoms with E-state index in [9.17, 15) is 14.4 Å². The van der Waals surface area contributed by atoms with Crippen LogP contribution in [-0.2, 0) is 16.0 Å². The van der Waals surface area contributed by atoms with Gasteiger partial charge in [-0.25, -0.2) is 4.79 Å². The molecule has 146 valence electrons. The van der Waals surface area contributed by atoms with Crippen LogP contribution in [-0.4, -0.2) is 41.4 Å². The van der Waals surface area contributed by atoms with E-state index in [2.05, 4.69) is 5.32 Å². The van der Waals surface area contributed by atoms with Gasteiger partial charge in [0.05, 0.1) is 0 Å². The maximum atomic E-state index is 12.9. The Hall–Kier alpha value is -2.28. The number of fused-ring (bicyclic) bond motifs is 1. The lowest BCUT2D eigenvalue weighted by Crippen LogP contribution is -2.49. The van der Waals surface area contributed by atoms with E-state index in [4.69, 9.17) is 5.73 Å². The molecule has 4 rings (SSSR count). The van der Waals surface area contributed by atoms with Crippen molar-refractivity contribution in [1.82, 2.24) is 10.2 Å². The molecule has 2 heterocycles. The molecule has 0 radical (unpaired) electrons. The van der Waals surface area contributed by atoms with Gasteiger partial charge in [-0.15, -0.1) is 12.4 Å². The van der Waals surface area contributed by atoms with Gasteiger partial charge >= 0.3 is 6.03 Å². The first-order valence-electron chi connectivity index (χ1n) is 9.34. The molecule has 3 aliphatic rings. The van der Waals surface area contributed by atoms with Crippen molar-refractivity contribution in [2.24, 2.45) is 0 Å². The van der Waals surface area contributed by atoms with Gasteiger partial charge in [0.15, 0.2) is 0 Å². The van der Waals surface area contributed by atoms with Gasteiger partial charge in [-0.05, 0) is 43.4 Å². The van der Waals surface area contributed by atoms with E-state index in [1.807, 2.05) is 18.2 Å². The van der Waals surface area contributed by atoms with E-state index in [1.165, 1.54) is 0 Å². The van der Waals surface area contributed by atoms with E-state index in [0.717, 1.165) is 48.3 Å². The first kappa shape index (κ1) is 19.5. The number of carbonyl (C=O) groups is 3. The molecule has 1 aromatic carbocycles. The molecular formula is C19H25ClN4O3. The Morgan fingerprint density at radius 2 is 1.89 bits per heavy atom. The number of nitrogens with one attached hydrogen (secondary N) is 1. The summed E-state index contributed by atoms with van der Waals surface area (Å²) in [6.07, 6.45) is 5.89. The number of imide groups is 1. The van der Waals surface area contributed by atoms with E-state index >= 15 is 0 Å². The Bertz CT molecular complexity index is 776. The highest BCUT2D eigenvalue weighted by atomic mass is 35.5. The Kier molecular flexibility index (Phi) is 5.33. The Labute approximate surface area is 164 Å². The summed E-state index contributed by atoms with van der Waals surface area (Å²) in [5, 5.41) is 2.85. The Balaban J connectivity index is 0.00000210. The van der Waals surface area contributed by atoms with Crippen LogP contribution in [0.1, 0.15) is 44.1 Å². The van der Waals surface area contributed by atoms with Crippen molar-refractivity contribution < 1.29 is 14.4 Å². The van der Waals surface area contributed by atoms with Crippen LogP contribution < -0.4 is 16.0 Å². The number of halogens is 1. The highest BCUT2D eigenvalue weighted by Gasteiger charge is 2.51. The lowest BCUT2D eigenvalue weighted by molar-refractivity contribution is -0.135. The molecule has 27 heavy (non-hydrogen) atoms. The molecule has 1 saturated carbocycles. The van der Waals surface area contributed by atoms with Crippen LogP contribution in [0.2, 0.25) is 0 Å². The van der Waals surface area contributed by atoms with Gasteiger partial charge in [-0.1, -0.05) is 25.3 Å². The molecular weight excluding hydrogens is 368 g/mol. The number of benzene rings is 1. The largest absolute Gasteiger partial charge is 0.398 e. The molecule has 2 fully saturated rings. The summed E-state index contributed by atoms with van der Waals surface area (Å²) in [6.45, 7) is 0.352. The first-order valence-corrected chi connectivity index (χ1v) is 9.34. The zero-order valence-electron chi connectivity index (χ0n) is 15.2. The Morgan fingerprint density at radius 3 is 2.63 bits per heavy atom. The van der Waals surface area contributed by atoms with E-state index < -0.39 is 11.6 Å². The van der Waals surface area contributed by atoms with Gasteiger partial charge in [0, 0.05) is 17.9 Å². The summed E-state index contributed by atoms with van der Waals surface area (Å²) in [4.78, 5) is 40.9. The predicted octanol–water partition coefficient (Wildman–Crippen LogP) is 2.22. The maximum absolute atomic E-state index is 12.9. The normalized spacial score (nSPS) is 20.9. The number of nitrogen functional groups attached to an aromatic ring is 1. The minimum atomic E-state index is -0.792. The highest BCUT2D eigenvalue weighted by molar-refractivity contribution is 6.10. The predicted molar refractivity (Wildman–Crippen MR) is 105 cm³/mol. The highest BCUT2D eigenvalue weighted by Crippen LogP contribution is 2.34. The lowest BCUT2D eigenvalue weighted by atomic mass is 9.82. The third kappa shape index (κ3) is 3.25. The average molecular weight is 393 g/mol. The number of anilines is 2. The third-order valence-corrected chi connectivity index (χ3v) is 5.83. The van der Waals surface area contributed by atoms with E-state index in [1.54, 1.807) is 4.90 Å². The molecule has 0 bridgehead atoms. The first-order chi connectivity index (χ1) is 12.5. The van der Waals surface area contributed by atoms with E-state index in [0.29, 0.717) is 25.1 Å². The van der Waals surface area contributed by atoms with Crippen LogP contribution in [0.15, 0.2) is 18.2 Å². The van der Waals surface area contributed by atoms with Crippen LogP contribution in [0, 0.1) is 0 Å². The molecule has 1 aliphatic carbocycles. The van der Waals surface area contributed by atoms with Crippen molar-refractivity contribution in [3.8, 4) is 0 Å². The molecule has 3 N–H and O–H groups in total. The smallest absolute Gasteiger partial charge is 0.325 e. The quantitative estimate of drug-likeness (QED) is 0.595. The summed E-state index contributed by atoms with van der Waals surface area (Å²) in [5.74, 6) is -0.492. The van der Waals surface area contributed by atoms with Gasteiger partial charge in [-0.2, -0.15) is 0 Å². The fourth-order valence-electron chi connectivity index (χ4n) is 4.45. The average Bonchev–Trinajstić information content (AvgIpc) is 2.86. The number of nitrogens with two attached hydrogens (primary N) is 1. The van der Waals surface area contributed by atoms with Crippen LogP contribution >= 0.6 is 12.4 Å². The van der Waals surface area contributed by atoms with Gasteiger partial charge in [0.25, 0.3) is 5.91 Å². The molecule has 1 saturated heterocycles. The molecule has 4 amide bonds. The molecule has 0 aromatic heterocycles. The van der Waals surface area contributed by atoms with Gasteiger partial charge in [-0.3, -0.25) is 14.5 Å². The molecule has 1 spiro atoms. The molecule has 2 aliphatic heterocycles. The second-order valence-electron chi connectivity index (χ2n) is 7.46. The van der Waals surface area contributed by atoms with Crippen molar-refractivity contribution in [3.05, 3.63) is 23.8 Å². The topological polar surface area (TPSA) is 95.7 Å². The second-order valence-corrected chi connectivity index (χ2v) is 7.46. The van der Waals surface area contributed by atoms with Gasteiger partial charge in [0.1, 0.15) is 12.1 Å². The van der Waals surface area contributed by atoms with Crippen molar-refractivity contribution in [2.45, 2.75) is 50.5 Å². The summed E-state index contributed by atoms with van der Waals surface area (Å²) < 4.78 is 0. The number of amides is 4. The molecule has 8 heteroatoms. The number of carbonyl (C=O) groups excluding carboxylic acids is 3. The zero-order chi connectivity index (χ0) is 18.3. The fraction of sp³-hybridized carbons (Fsp3) is 0.526.